The third-order valence-electron chi connectivity index (χ3n) is 6.25. The first-order chi connectivity index (χ1) is 14.2. The Morgan fingerprint density at radius 2 is 1.72 bits per heavy atom. The van der Waals surface area contributed by atoms with Crippen molar-refractivity contribution in [2.45, 2.75) is 31.7 Å². The topological polar surface area (TPSA) is 56.4 Å². The molecule has 5 rings (SSSR count). The summed E-state index contributed by atoms with van der Waals surface area (Å²) in [5, 5.41) is 1.12. The Hall–Kier alpha value is -3.08. The van der Waals surface area contributed by atoms with Gasteiger partial charge in [-0.2, -0.15) is 0 Å². The Kier molecular flexibility index (Phi) is 4.58. The van der Waals surface area contributed by atoms with Crippen LogP contribution in [-0.2, 0) is 4.79 Å². The van der Waals surface area contributed by atoms with Crippen LogP contribution in [0.1, 0.15) is 53.2 Å². The number of carbonyl (C=O) groups excluding carboxylic acids is 2. The summed E-state index contributed by atoms with van der Waals surface area (Å²) in [5.74, 6) is 0.174. The van der Waals surface area contributed by atoms with Gasteiger partial charge in [-0.25, -0.2) is 0 Å². The molecular formula is C24H25N3O2. The molecule has 3 heterocycles. The minimum atomic E-state index is -0.163. The summed E-state index contributed by atoms with van der Waals surface area (Å²) in [4.78, 5) is 33.1. The van der Waals surface area contributed by atoms with Gasteiger partial charge in [0.05, 0.1) is 6.04 Å². The highest BCUT2D eigenvalue weighted by Crippen LogP contribution is 2.41. The van der Waals surface area contributed by atoms with E-state index in [9.17, 15) is 9.59 Å². The second-order valence-electron chi connectivity index (χ2n) is 7.97. The number of carbonyl (C=O) groups is 2. The number of H-pyrrole nitrogens is 1. The zero-order valence-electron chi connectivity index (χ0n) is 16.4. The number of piperidine rings is 1. The van der Waals surface area contributed by atoms with Gasteiger partial charge < -0.3 is 14.8 Å². The molecule has 1 N–H and O–H groups in total. The van der Waals surface area contributed by atoms with Gasteiger partial charge in [-0.15, -0.1) is 0 Å². The molecule has 0 unspecified atom stereocenters. The smallest absolute Gasteiger partial charge is 0.255 e. The molecule has 2 amide bonds. The predicted octanol–water partition coefficient (Wildman–Crippen LogP) is 4.12. The van der Waals surface area contributed by atoms with E-state index in [4.69, 9.17) is 0 Å². The quantitative estimate of drug-likeness (QED) is 0.732. The molecule has 0 aliphatic carbocycles. The monoisotopic (exact) mass is 387 g/mol. The molecule has 5 nitrogen and oxygen atoms in total. The standard InChI is InChI=1S/C24H25N3O2/c28-22(26-13-6-1-7-14-26)12-15-27-23(18-9-2-3-10-19(18)24(27)29)20-16-25-21-11-5-4-8-17(20)21/h2-5,8-11,16,23,25H,1,6-7,12-15H2/t23-/m1/s1. The van der Waals surface area contributed by atoms with Crippen LogP contribution in [0.5, 0.6) is 0 Å². The van der Waals surface area contributed by atoms with E-state index in [1.807, 2.05) is 58.5 Å². The van der Waals surface area contributed by atoms with E-state index in [0.717, 1.165) is 53.5 Å². The van der Waals surface area contributed by atoms with E-state index >= 15 is 0 Å². The van der Waals surface area contributed by atoms with Crippen LogP contribution in [0, 0.1) is 0 Å². The lowest BCUT2D eigenvalue weighted by atomic mass is 9.97. The minimum absolute atomic E-state index is 0.0160. The molecule has 0 bridgehead atoms. The van der Waals surface area contributed by atoms with Gasteiger partial charge in [-0.1, -0.05) is 36.4 Å². The summed E-state index contributed by atoms with van der Waals surface area (Å²) in [6.45, 7) is 2.13. The van der Waals surface area contributed by atoms with Gasteiger partial charge in [-0.3, -0.25) is 9.59 Å². The van der Waals surface area contributed by atoms with Crippen molar-refractivity contribution in [1.29, 1.82) is 0 Å². The van der Waals surface area contributed by atoms with Gasteiger partial charge in [0.15, 0.2) is 0 Å². The highest BCUT2D eigenvalue weighted by atomic mass is 16.2. The Morgan fingerprint density at radius 1 is 0.966 bits per heavy atom. The average molecular weight is 387 g/mol. The number of nitrogens with one attached hydrogen (secondary N) is 1. The lowest BCUT2D eigenvalue weighted by molar-refractivity contribution is -0.132. The Balaban J connectivity index is 1.46. The van der Waals surface area contributed by atoms with Crippen molar-refractivity contribution in [3.8, 4) is 0 Å². The molecule has 148 valence electrons. The fourth-order valence-electron chi connectivity index (χ4n) is 4.77. The number of hydrogen-bond acceptors (Lipinski definition) is 2. The van der Waals surface area contributed by atoms with E-state index in [1.165, 1.54) is 6.42 Å². The van der Waals surface area contributed by atoms with Crippen LogP contribution in [0.15, 0.2) is 54.7 Å². The lowest BCUT2D eigenvalue weighted by Crippen LogP contribution is -2.38. The van der Waals surface area contributed by atoms with Crippen LogP contribution in [0.3, 0.4) is 0 Å². The van der Waals surface area contributed by atoms with Crippen molar-refractivity contribution in [3.05, 3.63) is 71.4 Å². The number of fused-ring (bicyclic) bond motifs is 2. The Bertz CT molecular complexity index is 1060. The molecule has 1 saturated heterocycles. The Labute approximate surface area is 170 Å². The Morgan fingerprint density at radius 3 is 2.59 bits per heavy atom. The number of aromatic nitrogens is 1. The number of nitrogens with zero attached hydrogens (tertiary/aromatic N) is 2. The lowest BCUT2D eigenvalue weighted by Gasteiger charge is -2.29. The van der Waals surface area contributed by atoms with Gasteiger partial charge >= 0.3 is 0 Å². The van der Waals surface area contributed by atoms with E-state index in [1.54, 1.807) is 0 Å². The molecule has 0 radical (unpaired) electrons. The van der Waals surface area contributed by atoms with Crippen molar-refractivity contribution in [1.82, 2.24) is 14.8 Å². The molecular weight excluding hydrogens is 362 g/mol. The number of rotatable bonds is 4. The van der Waals surface area contributed by atoms with Gasteiger partial charge in [0.2, 0.25) is 5.91 Å². The zero-order chi connectivity index (χ0) is 19.8. The van der Waals surface area contributed by atoms with Crippen molar-refractivity contribution in [2.24, 2.45) is 0 Å². The maximum absolute atomic E-state index is 13.2. The zero-order valence-corrected chi connectivity index (χ0v) is 16.4. The summed E-state index contributed by atoms with van der Waals surface area (Å²) in [7, 11) is 0. The van der Waals surface area contributed by atoms with Crippen molar-refractivity contribution < 1.29 is 9.59 Å². The maximum Gasteiger partial charge on any atom is 0.255 e. The molecule has 1 aromatic heterocycles. The number of benzene rings is 2. The first-order valence-electron chi connectivity index (χ1n) is 10.5. The van der Waals surface area contributed by atoms with Crippen LogP contribution >= 0.6 is 0 Å². The number of para-hydroxylation sites is 1. The highest BCUT2D eigenvalue weighted by molar-refractivity contribution is 6.01. The van der Waals surface area contributed by atoms with Crippen LogP contribution < -0.4 is 0 Å². The van der Waals surface area contributed by atoms with Gasteiger partial charge in [0, 0.05) is 54.3 Å². The molecule has 5 heteroatoms. The third-order valence-corrected chi connectivity index (χ3v) is 6.25. The largest absolute Gasteiger partial charge is 0.361 e. The van der Waals surface area contributed by atoms with Gasteiger partial charge in [0.25, 0.3) is 5.91 Å². The summed E-state index contributed by atoms with van der Waals surface area (Å²) in [6, 6.07) is 15.8. The van der Waals surface area contributed by atoms with Crippen LogP contribution in [0.2, 0.25) is 0 Å². The van der Waals surface area contributed by atoms with Crippen LogP contribution in [0.25, 0.3) is 10.9 Å². The van der Waals surface area contributed by atoms with E-state index in [0.29, 0.717) is 13.0 Å². The summed E-state index contributed by atoms with van der Waals surface area (Å²) in [5.41, 5.74) is 3.91. The minimum Gasteiger partial charge on any atom is -0.361 e. The average Bonchev–Trinajstić information content (AvgIpc) is 3.31. The molecule has 1 fully saturated rings. The van der Waals surface area contributed by atoms with Crippen molar-refractivity contribution >= 4 is 22.7 Å². The number of likely N-dealkylation sites (tertiary alicyclic amines) is 1. The number of amides is 2. The molecule has 2 aromatic carbocycles. The van der Waals surface area contributed by atoms with Crippen molar-refractivity contribution in [3.63, 3.8) is 0 Å². The first-order valence-corrected chi connectivity index (χ1v) is 10.5. The molecule has 2 aliphatic heterocycles. The summed E-state index contributed by atoms with van der Waals surface area (Å²) < 4.78 is 0. The second-order valence-corrected chi connectivity index (χ2v) is 7.97. The van der Waals surface area contributed by atoms with E-state index < -0.39 is 0 Å². The highest BCUT2D eigenvalue weighted by Gasteiger charge is 2.38. The van der Waals surface area contributed by atoms with E-state index in [2.05, 4.69) is 11.1 Å². The fraction of sp³-hybridized carbons (Fsp3) is 0.333. The molecule has 0 saturated carbocycles. The SMILES string of the molecule is O=C(CCN1C(=O)c2ccccc2[C@@H]1c1c[nH]c2ccccc12)N1CCCCC1. The predicted molar refractivity (Wildman–Crippen MR) is 113 cm³/mol. The first kappa shape index (κ1) is 18.0. The maximum atomic E-state index is 13.2. The molecule has 3 aromatic rings. The third kappa shape index (κ3) is 3.11. The second kappa shape index (κ2) is 7.39. The van der Waals surface area contributed by atoms with Crippen molar-refractivity contribution in [2.75, 3.05) is 19.6 Å². The van der Waals surface area contributed by atoms with Gasteiger partial charge in [-0.05, 0) is 37.0 Å². The van der Waals surface area contributed by atoms with Gasteiger partial charge in [0.1, 0.15) is 0 Å². The number of hydrogen-bond donors (Lipinski definition) is 1. The molecule has 0 spiro atoms. The van der Waals surface area contributed by atoms with Crippen LogP contribution in [0.4, 0.5) is 0 Å². The fourth-order valence-corrected chi connectivity index (χ4v) is 4.77. The molecule has 2 aliphatic rings. The normalized spacial score (nSPS) is 19.0. The van der Waals surface area contributed by atoms with E-state index in [-0.39, 0.29) is 17.9 Å². The molecule has 29 heavy (non-hydrogen) atoms. The summed E-state index contributed by atoms with van der Waals surface area (Å²) >= 11 is 0. The summed E-state index contributed by atoms with van der Waals surface area (Å²) in [6.07, 6.45) is 5.74. The van der Waals surface area contributed by atoms with Crippen LogP contribution in [-0.4, -0.2) is 46.2 Å². The molecule has 1 atom stereocenters. The number of aromatic amines is 1.